The van der Waals surface area contributed by atoms with Crippen molar-refractivity contribution in [2.24, 2.45) is 0 Å². The van der Waals surface area contributed by atoms with Crippen LogP contribution in [0.4, 0.5) is 36.3 Å². The van der Waals surface area contributed by atoms with E-state index in [9.17, 15) is 27.6 Å². The second-order valence-corrected chi connectivity index (χ2v) is 7.74. The Hall–Kier alpha value is -4.55. The van der Waals surface area contributed by atoms with E-state index in [1.165, 1.54) is 32.4 Å². The smallest absolute Gasteiger partial charge is 0.416 e. The topological polar surface area (TPSA) is 134 Å². The Bertz CT molecular complexity index is 1390. The maximum atomic E-state index is 13.1. The van der Waals surface area contributed by atoms with Crippen molar-refractivity contribution in [3.05, 3.63) is 63.9 Å². The second kappa shape index (κ2) is 9.60. The van der Waals surface area contributed by atoms with Gasteiger partial charge in [0.1, 0.15) is 17.3 Å². The molecule has 36 heavy (non-hydrogen) atoms. The number of fused-ring (bicyclic) bond motifs is 1. The van der Waals surface area contributed by atoms with Crippen LogP contribution in [0, 0.1) is 0 Å². The molecular formula is C23H20F3N5O5. The van der Waals surface area contributed by atoms with Gasteiger partial charge in [-0.25, -0.2) is 0 Å². The number of methoxy groups -OCH3 is 2. The van der Waals surface area contributed by atoms with E-state index in [-0.39, 0.29) is 35.1 Å². The largest absolute Gasteiger partial charge is 0.497 e. The van der Waals surface area contributed by atoms with Gasteiger partial charge in [-0.2, -0.15) is 18.2 Å². The van der Waals surface area contributed by atoms with Crippen molar-refractivity contribution in [2.75, 3.05) is 30.2 Å². The van der Waals surface area contributed by atoms with E-state index in [4.69, 9.17) is 9.47 Å². The van der Waals surface area contributed by atoms with E-state index in [2.05, 4.69) is 25.9 Å². The molecule has 1 unspecified atom stereocenters. The molecule has 0 saturated carbocycles. The summed E-state index contributed by atoms with van der Waals surface area (Å²) < 4.78 is 49.4. The summed E-state index contributed by atoms with van der Waals surface area (Å²) in [5.74, 6) is -2.04. The summed E-state index contributed by atoms with van der Waals surface area (Å²) in [4.78, 5) is 44.9. The van der Waals surface area contributed by atoms with Crippen LogP contribution in [0.5, 0.6) is 11.5 Å². The Balaban J connectivity index is 1.64. The summed E-state index contributed by atoms with van der Waals surface area (Å²) in [6.07, 6.45) is -4.88. The van der Waals surface area contributed by atoms with Gasteiger partial charge in [-0.05, 0) is 30.3 Å². The molecule has 188 valence electrons. The number of aromatic nitrogens is 2. The number of carbonyl (C=O) groups excluding carboxylic acids is 2. The molecule has 10 nitrogen and oxygen atoms in total. The Morgan fingerprint density at radius 3 is 2.58 bits per heavy atom. The van der Waals surface area contributed by atoms with Gasteiger partial charge in [-0.15, -0.1) is 0 Å². The zero-order valence-corrected chi connectivity index (χ0v) is 18.9. The van der Waals surface area contributed by atoms with Crippen LogP contribution < -0.4 is 31.0 Å². The standard InChI is InChI=1S/C23H20F3N5O5/c1-35-13-6-7-16(36-2)15(9-13)28-20(33)14-10-17(32)29-19-18(14)21(34)31-22(30-19)27-12-5-3-4-11(8-12)23(24,25)26/h3-9,14H,10H2,1-2H3,(H,28,33)(H3,27,29,30,31,32,34). The van der Waals surface area contributed by atoms with Crippen LogP contribution in [0.1, 0.15) is 23.5 Å². The van der Waals surface area contributed by atoms with Gasteiger partial charge in [0.15, 0.2) is 0 Å². The fraction of sp³-hybridized carbons (Fsp3) is 0.217. The third kappa shape index (κ3) is 5.09. The average Bonchev–Trinajstić information content (AvgIpc) is 2.82. The fourth-order valence-electron chi connectivity index (χ4n) is 3.70. The molecular weight excluding hydrogens is 483 g/mol. The summed E-state index contributed by atoms with van der Waals surface area (Å²) in [5.41, 5.74) is -1.46. The third-order valence-electron chi connectivity index (χ3n) is 5.38. The number of alkyl halides is 3. The van der Waals surface area contributed by atoms with Gasteiger partial charge in [0.05, 0.1) is 37.0 Å². The number of hydrogen-bond donors (Lipinski definition) is 4. The molecule has 2 aromatic carbocycles. The van der Waals surface area contributed by atoms with Gasteiger partial charge >= 0.3 is 6.18 Å². The number of amides is 2. The van der Waals surface area contributed by atoms with E-state index in [1.807, 2.05) is 0 Å². The number of benzene rings is 2. The van der Waals surface area contributed by atoms with Gasteiger partial charge in [0.25, 0.3) is 5.56 Å². The highest BCUT2D eigenvalue weighted by atomic mass is 19.4. The molecule has 0 spiro atoms. The molecule has 1 aromatic heterocycles. The predicted octanol–water partition coefficient (Wildman–Crippen LogP) is 3.61. The first-order valence-electron chi connectivity index (χ1n) is 10.5. The summed E-state index contributed by atoms with van der Waals surface area (Å²) in [6, 6.07) is 9.01. The first kappa shape index (κ1) is 24.6. The number of ether oxygens (including phenoxy) is 2. The Kier molecular flexibility index (Phi) is 6.55. The summed E-state index contributed by atoms with van der Waals surface area (Å²) in [6.45, 7) is 0. The van der Waals surface area contributed by atoms with Gasteiger partial charge < -0.3 is 25.4 Å². The molecule has 0 saturated heterocycles. The van der Waals surface area contributed by atoms with Crippen molar-refractivity contribution in [1.29, 1.82) is 0 Å². The van der Waals surface area contributed by atoms with E-state index < -0.39 is 35.0 Å². The highest BCUT2D eigenvalue weighted by Gasteiger charge is 2.35. The molecule has 0 fully saturated rings. The highest BCUT2D eigenvalue weighted by Crippen LogP contribution is 2.34. The van der Waals surface area contributed by atoms with Crippen LogP contribution in [-0.2, 0) is 15.8 Å². The quantitative estimate of drug-likeness (QED) is 0.404. The molecule has 0 aliphatic carbocycles. The molecule has 1 aliphatic rings. The van der Waals surface area contributed by atoms with Crippen LogP contribution in [0.25, 0.3) is 0 Å². The molecule has 2 heterocycles. The lowest BCUT2D eigenvalue weighted by molar-refractivity contribution is -0.137. The molecule has 1 aliphatic heterocycles. The zero-order valence-electron chi connectivity index (χ0n) is 18.9. The summed E-state index contributed by atoms with van der Waals surface area (Å²) >= 11 is 0. The van der Waals surface area contributed by atoms with Crippen LogP contribution in [0.3, 0.4) is 0 Å². The number of H-pyrrole nitrogens is 1. The average molecular weight is 503 g/mol. The van der Waals surface area contributed by atoms with Crippen molar-refractivity contribution in [1.82, 2.24) is 9.97 Å². The minimum absolute atomic E-state index is 0.00877. The van der Waals surface area contributed by atoms with Crippen molar-refractivity contribution >= 4 is 35.0 Å². The Morgan fingerprint density at radius 2 is 1.89 bits per heavy atom. The molecule has 13 heteroatoms. The van der Waals surface area contributed by atoms with E-state index in [1.54, 1.807) is 12.1 Å². The molecule has 4 N–H and O–H groups in total. The summed E-state index contributed by atoms with van der Waals surface area (Å²) in [7, 11) is 2.86. The summed E-state index contributed by atoms with van der Waals surface area (Å²) in [5, 5.41) is 7.66. The van der Waals surface area contributed by atoms with Gasteiger partial charge in [0.2, 0.25) is 17.8 Å². The van der Waals surface area contributed by atoms with Crippen LogP contribution in [0.15, 0.2) is 47.3 Å². The first-order valence-corrected chi connectivity index (χ1v) is 10.5. The fourth-order valence-corrected chi connectivity index (χ4v) is 3.70. The molecule has 2 amide bonds. The maximum absolute atomic E-state index is 13.1. The molecule has 3 aromatic rings. The number of anilines is 4. The number of rotatable bonds is 6. The number of carbonyl (C=O) groups is 2. The number of hydrogen-bond acceptors (Lipinski definition) is 7. The van der Waals surface area contributed by atoms with Crippen LogP contribution >= 0.6 is 0 Å². The minimum Gasteiger partial charge on any atom is -0.497 e. The van der Waals surface area contributed by atoms with Gasteiger partial charge in [0, 0.05) is 18.2 Å². The number of nitrogens with one attached hydrogen (secondary N) is 4. The Labute approximate surface area is 201 Å². The zero-order chi connectivity index (χ0) is 26.0. The third-order valence-corrected chi connectivity index (χ3v) is 5.38. The van der Waals surface area contributed by atoms with Crippen LogP contribution in [-0.4, -0.2) is 36.0 Å². The van der Waals surface area contributed by atoms with Crippen molar-refractivity contribution in [2.45, 2.75) is 18.5 Å². The van der Waals surface area contributed by atoms with Crippen molar-refractivity contribution in [3.8, 4) is 11.5 Å². The maximum Gasteiger partial charge on any atom is 0.416 e. The normalized spacial score (nSPS) is 14.9. The lowest BCUT2D eigenvalue weighted by Crippen LogP contribution is -2.36. The van der Waals surface area contributed by atoms with E-state index >= 15 is 0 Å². The Morgan fingerprint density at radius 1 is 1.11 bits per heavy atom. The predicted molar refractivity (Wildman–Crippen MR) is 124 cm³/mol. The van der Waals surface area contributed by atoms with Crippen molar-refractivity contribution < 1.29 is 32.2 Å². The van der Waals surface area contributed by atoms with E-state index in [0.29, 0.717) is 11.5 Å². The number of halogens is 3. The second-order valence-electron chi connectivity index (χ2n) is 7.74. The lowest BCUT2D eigenvalue weighted by Gasteiger charge is -2.24. The number of aromatic amines is 1. The number of nitrogens with zero attached hydrogens (tertiary/aromatic N) is 1. The van der Waals surface area contributed by atoms with E-state index in [0.717, 1.165) is 12.1 Å². The molecule has 4 rings (SSSR count). The van der Waals surface area contributed by atoms with Crippen LogP contribution in [0.2, 0.25) is 0 Å². The highest BCUT2D eigenvalue weighted by molar-refractivity contribution is 6.05. The monoisotopic (exact) mass is 503 g/mol. The SMILES string of the molecule is COc1ccc(OC)c(NC(=O)C2CC(=O)Nc3nc(Nc4cccc(C(F)(F)F)c4)[nH]c(=O)c32)c1. The minimum atomic E-state index is -4.56. The lowest BCUT2D eigenvalue weighted by atomic mass is 9.92. The van der Waals surface area contributed by atoms with Gasteiger partial charge in [-0.1, -0.05) is 6.07 Å². The molecule has 0 bridgehead atoms. The van der Waals surface area contributed by atoms with Crippen molar-refractivity contribution in [3.63, 3.8) is 0 Å². The first-order chi connectivity index (χ1) is 17.1. The van der Waals surface area contributed by atoms with Gasteiger partial charge in [-0.3, -0.25) is 19.4 Å². The molecule has 1 atom stereocenters. The molecule has 0 radical (unpaired) electrons.